The summed E-state index contributed by atoms with van der Waals surface area (Å²) in [5.41, 5.74) is 3.23. The van der Waals surface area contributed by atoms with Crippen molar-refractivity contribution in [2.45, 2.75) is 0 Å². The third kappa shape index (κ3) is 4.39. The van der Waals surface area contributed by atoms with E-state index < -0.39 is 11.8 Å². The zero-order valence-electron chi connectivity index (χ0n) is 10.8. The van der Waals surface area contributed by atoms with Crippen molar-refractivity contribution in [1.82, 2.24) is 10.4 Å². The highest BCUT2D eigenvalue weighted by molar-refractivity contribution is 6.41. The predicted octanol–water partition coefficient (Wildman–Crippen LogP) is 1.82. The number of benzene rings is 1. The number of carbonyl (C=O) groups is 2. The van der Waals surface area contributed by atoms with E-state index in [9.17, 15) is 9.59 Å². The van der Waals surface area contributed by atoms with Crippen molar-refractivity contribution in [3.8, 4) is 0 Å². The van der Waals surface area contributed by atoms with Gasteiger partial charge in [-0.1, -0.05) is 23.7 Å². The van der Waals surface area contributed by atoms with Gasteiger partial charge in [0.05, 0.1) is 16.9 Å². The molecular formula is C14H11ClN4O2. The van der Waals surface area contributed by atoms with Crippen molar-refractivity contribution in [3.63, 3.8) is 0 Å². The molecular weight excluding hydrogens is 292 g/mol. The van der Waals surface area contributed by atoms with Gasteiger partial charge in [-0.15, -0.1) is 0 Å². The Kier molecular flexibility index (Phi) is 5.00. The summed E-state index contributed by atoms with van der Waals surface area (Å²) >= 11 is 5.88. The maximum atomic E-state index is 11.6. The van der Waals surface area contributed by atoms with Gasteiger partial charge in [0.15, 0.2) is 0 Å². The lowest BCUT2D eigenvalue weighted by molar-refractivity contribution is -0.136. The minimum atomic E-state index is -0.889. The van der Waals surface area contributed by atoms with E-state index in [4.69, 9.17) is 11.6 Å². The molecule has 2 aromatic rings. The van der Waals surface area contributed by atoms with E-state index in [1.54, 1.807) is 48.8 Å². The number of hydrazone groups is 1. The lowest BCUT2D eigenvalue weighted by Gasteiger charge is -2.05. The van der Waals surface area contributed by atoms with E-state index in [2.05, 4.69) is 20.8 Å². The molecule has 1 aromatic heterocycles. The van der Waals surface area contributed by atoms with Crippen LogP contribution in [0.2, 0.25) is 5.02 Å². The summed E-state index contributed by atoms with van der Waals surface area (Å²) in [6.45, 7) is 0. The number of amides is 2. The number of nitrogens with one attached hydrogen (secondary N) is 2. The standard InChI is InChI=1S/C14H11ClN4O2/c15-11-3-1-2-4-12(11)18-13(20)14(21)19-17-9-10-5-7-16-8-6-10/h1-9H,(H,18,20)(H,19,21)/b17-9+. The maximum absolute atomic E-state index is 11.6. The second kappa shape index (κ2) is 7.16. The lowest BCUT2D eigenvalue weighted by Crippen LogP contribution is -2.32. The number of aromatic nitrogens is 1. The topological polar surface area (TPSA) is 83.5 Å². The highest BCUT2D eigenvalue weighted by Crippen LogP contribution is 2.19. The van der Waals surface area contributed by atoms with E-state index in [-0.39, 0.29) is 0 Å². The summed E-state index contributed by atoms with van der Waals surface area (Å²) in [7, 11) is 0. The Bertz CT molecular complexity index is 674. The fourth-order valence-corrected chi connectivity index (χ4v) is 1.59. The molecule has 21 heavy (non-hydrogen) atoms. The molecule has 0 bridgehead atoms. The first-order chi connectivity index (χ1) is 10.2. The monoisotopic (exact) mass is 302 g/mol. The van der Waals surface area contributed by atoms with Crippen molar-refractivity contribution in [1.29, 1.82) is 0 Å². The summed E-state index contributed by atoms with van der Waals surface area (Å²) in [5, 5.41) is 6.42. The van der Waals surface area contributed by atoms with Crippen LogP contribution in [0.4, 0.5) is 5.69 Å². The third-order valence-electron chi connectivity index (χ3n) is 2.41. The zero-order valence-corrected chi connectivity index (χ0v) is 11.5. The Morgan fingerprint density at radius 2 is 1.81 bits per heavy atom. The molecule has 0 fully saturated rings. The molecule has 2 rings (SSSR count). The van der Waals surface area contributed by atoms with Gasteiger partial charge in [0, 0.05) is 12.4 Å². The molecule has 0 aliphatic carbocycles. The number of anilines is 1. The summed E-state index contributed by atoms with van der Waals surface area (Å²) in [4.78, 5) is 27.0. The first-order valence-electron chi connectivity index (χ1n) is 5.96. The molecule has 1 aromatic carbocycles. The highest BCUT2D eigenvalue weighted by atomic mass is 35.5. The predicted molar refractivity (Wildman–Crippen MR) is 80.1 cm³/mol. The second-order valence-corrected chi connectivity index (χ2v) is 4.32. The molecule has 0 aliphatic heterocycles. The maximum Gasteiger partial charge on any atom is 0.329 e. The van der Waals surface area contributed by atoms with Crippen LogP contribution in [0, 0.1) is 0 Å². The van der Waals surface area contributed by atoms with E-state index >= 15 is 0 Å². The quantitative estimate of drug-likeness (QED) is 0.515. The van der Waals surface area contributed by atoms with Gasteiger partial charge in [-0.25, -0.2) is 5.43 Å². The Hall–Kier alpha value is -2.73. The smallest absolute Gasteiger partial charge is 0.316 e. The second-order valence-electron chi connectivity index (χ2n) is 3.91. The lowest BCUT2D eigenvalue weighted by atomic mass is 10.3. The van der Waals surface area contributed by atoms with Crippen molar-refractivity contribution in [3.05, 3.63) is 59.4 Å². The van der Waals surface area contributed by atoms with Gasteiger partial charge in [0.2, 0.25) is 0 Å². The van der Waals surface area contributed by atoms with Gasteiger partial charge in [-0.05, 0) is 29.8 Å². The normalized spacial score (nSPS) is 10.3. The summed E-state index contributed by atoms with van der Waals surface area (Å²) in [6, 6.07) is 10.0. The van der Waals surface area contributed by atoms with Gasteiger partial charge in [-0.2, -0.15) is 5.10 Å². The van der Waals surface area contributed by atoms with Gasteiger partial charge in [0.25, 0.3) is 0 Å². The van der Waals surface area contributed by atoms with Gasteiger partial charge >= 0.3 is 11.8 Å². The van der Waals surface area contributed by atoms with Crippen molar-refractivity contribution in [2.75, 3.05) is 5.32 Å². The number of pyridine rings is 1. The average molecular weight is 303 g/mol. The van der Waals surface area contributed by atoms with Crippen LogP contribution in [0.3, 0.4) is 0 Å². The van der Waals surface area contributed by atoms with Crippen LogP contribution in [0.1, 0.15) is 5.56 Å². The Morgan fingerprint density at radius 3 is 2.52 bits per heavy atom. The van der Waals surface area contributed by atoms with E-state index in [1.165, 1.54) is 6.21 Å². The van der Waals surface area contributed by atoms with Crippen LogP contribution in [-0.2, 0) is 9.59 Å². The van der Waals surface area contributed by atoms with Crippen molar-refractivity contribution in [2.24, 2.45) is 5.10 Å². The molecule has 0 saturated heterocycles. The molecule has 2 amide bonds. The molecule has 0 atom stereocenters. The first-order valence-corrected chi connectivity index (χ1v) is 6.33. The Morgan fingerprint density at radius 1 is 1.10 bits per heavy atom. The van der Waals surface area contributed by atoms with Crippen LogP contribution in [0.25, 0.3) is 0 Å². The Balaban J connectivity index is 1.90. The number of nitrogens with zero attached hydrogens (tertiary/aromatic N) is 2. The highest BCUT2D eigenvalue weighted by Gasteiger charge is 2.13. The van der Waals surface area contributed by atoms with E-state index in [1.807, 2.05) is 0 Å². The van der Waals surface area contributed by atoms with E-state index in [0.29, 0.717) is 10.7 Å². The third-order valence-corrected chi connectivity index (χ3v) is 2.74. The molecule has 0 spiro atoms. The molecule has 106 valence electrons. The summed E-state index contributed by atoms with van der Waals surface area (Å²) in [5.74, 6) is -1.74. The minimum Gasteiger partial charge on any atom is -0.316 e. The van der Waals surface area contributed by atoms with Crippen LogP contribution in [0.15, 0.2) is 53.9 Å². The van der Waals surface area contributed by atoms with Gasteiger partial charge in [0.1, 0.15) is 0 Å². The molecule has 6 nitrogen and oxygen atoms in total. The summed E-state index contributed by atoms with van der Waals surface area (Å²) < 4.78 is 0. The largest absolute Gasteiger partial charge is 0.329 e. The molecule has 0 aliphatic rings. The molecule has 0 radical (unpaired) electrons. The number of rotatable bonds is 3. The molecule has 0 unspecified atom stereocenters. The SMILES string of the molecule is O=C(N/N=C/c1ccncc1)C(=O)Nc1ccccc1Cl. The van der Waals surface area contributed by atoms with E-state index in [0.717, 1.165) is 5.56 Å². The van der Waals surface area contributed by atoms with Crippen LogP contribution in [0.5, 0.6) is 0 Å². The van der Waals surface area contributed by atoms with Crippen LogP contribution < -0.4 is 10.7 Å². The fourth-order valence-electron chi connectivity index (χ4n) is 1.41. The molecule has 0 saturated carbocycles. The van der Waals surface area contributed by atoms with Gasteiger partial charge < -0.3 is 5.32 Å². The number of hydrogen-bond donors (Lipinski definition) is 2. The number of para-hydroxylation sites is 1. The molecule has 1 heterocycles. The first kappa shape index (κ1) is 14.7. The number of carbonyl (C=O) groups excluding carboxylic acids is 2. The van der Waals surface area contributed by atoms with Gasteiger partial charge in [-0.3, -0.25) is 14.6 Å². The number of halogens is 1. The zero-order chi connectivity index (χ0) is 15.1. The Labute approximate surface area is 125 Å². The van der Waals surface area contributed by atoms with Crippen LogP contribution in [-0.4, -0.2) is 23.0 Å². The van der Waals surface area contributed by atoms with Crippen molar-refractivity contribution >= 4 is 35.3 Å². The van der Waals surface area contributed by atoms with Crippen LogP contribution >= 0.6 is 11.6 Å². The summed E-state index contributed by atoms with van der Waals surface area (Å²) in [6.07, 6.45) is 4.59. The molecule has 2 N–H and O–H groups in total. The average Bonchev–Trinajstić information content (AvgIpc) is 2.50. The fraction of sp³-hybridized carbons (Fsp3) is 0. The number of hydrogen-bond acceptors (Lipinski definition) is 4. The minimum absolute atomic E-state index is 0.346. The molecule has 7 heteroatoms. The van der Waals surface area contributed by atoms with Crippen molar-refractivity contribution < 1.29 is 9.59 Å².